The standard InChI is InChI=1S/C10H18O5/c1-10(2,3)7(5-11)6(9(14)15)4-8(12)13/h6-7,11H,4-5H2,1-3H3,(H,12,13)(H,14,15)/t6?,7-/m0/s1. The van der Waals surface area contributed by atoms with Crippen LogP contribution in [0.2, 0.25) is 0 Å². The fraction of sp³-hybridized carbons (Fsp3) is 0.800. The minimum Gasteiger partial charge on any atom is -0.481 e. The van der Waals surface area contributed by atoms with Crippen molar-refractivity contribution in [3.05, 3.63) is 0 Å². The predicted molar refractivity (Wildman–Crippen MR) is 53.4 cm³/mol. The predicted octanol–water partition coefficient (Wildman–Crippen LogP) is 0.817. The molecule has 0 aliphatic heterocycles. The average molecular weight is 218 g/mol. The quantitative estimate of drug-likeness (QED) is 0.635. The minimum absolute atomic E-state index is 0.326. The summed E-state index contributed by atoms with van der Waals surface area (Å²) in [6, 6.07) is 0. The van der Waals surface area contributed by atoms with Gasteiger partial charge in [-0.3, -0.25) is 9.59 Å². The van der Waals surface area contributed by atoms with Crippen molar-refractivity contribution in [2.24, 2.45) is 17.3 Å². The Labute approximate surface area is 88.7 Å². The molecule has 0 saturated carbocycles. The smallest absolute Gasteiger partial charge is 0.307 e. The molecule has 0 amide bonds. The van der Waals surface area contributed by atoms with E-state index in [1.165, 1.54) is 0 Å². The van der Waals surface area contributed by atoms with Gasteiger partial charge in [-0.1, -0.05) is 20.8 Å². The molecule has 0 aromatic carbocycles. The summed E-state index contributed by atoms with van der Waals surface area (Å²) in [4.78, 5) is 21.4. The van der Waals surface area contributed by atoms with Crippen molar-refractivity contribution in [2.45, 2.75) is 27.2 Å². The number of carbonyl (C=O) groups is 2. The SMILES string of the molecule is CC(C)(C)[C@@H](CO)C(CC(=O)O)C(=O)O. The molecule has 0 aliphatic rings. The maximum absolute atomic E-state index is 10.9. The van der Waals surface area contributed by atoms with E-state index < -0.39 is 35.6 Å². The van der Waals surface area contributed by atoms with Gasteiger partial charge in [-0.25, -0.2) is 0 Å². The van der Waals surface area contributed by atoms with E-state index in [0.717, 1.165) is 0 Å². The third-order valence-electron chi connectivity index (χ3n) is 2.51. The summed E-state index contributed by atoms with van der Waals surface area (Å²) in [7, 11) is 0. The van der Waals surface area contributed by atoms with E-state index in [9.17, 15) is 9.59 Å². The average Bonchev–Trinajstić information content (AvgIpc) is 2.00. The van der Waals surface area contributed by atoms with Gasteiger partial charge < -0.3 is 15.3 Å². The van der Waals surface area contributed by atoms with Crippen molar-refractivity contribution in [2.75, 3.05) is 6.61 Å². The maximum atomic E-state index is 10.9. The van der Waals surface area contributed by atoms with Crippen molar-refractivity contribution in [3.63, 3.8) is 0 Å². The molecule has 0 fully saturated rings. The highest BCUT2D eigenvalue weighted by atomic mass is 16.4. The van der Waals surface area contributed by atoms with Crippen LogP contribution in [0.4, 0.5) is 0 Å². The highest BCUT2D eigenvalue weighted by Gasteiger charge is 2.37. The molecular weight excluding hydrogens is 200 g/mol. The number of aliphatic carboxylic acids is 2. The van der Waals surface area contributed by atoms with E-state index in [1.807, 2.05) is 0 Å². The van der Waals surface area contributed by atoms with Crippen LogP contribution in [0.25, 0.3) is 0 Å². The lowest BCUT2D eigenvalue weighted by Gasteiger charge is -2.33. The zero-order chi connectivity index (χ0) is 12.2. The lowest BCUT2D eigenvalue weighted by Crippen LogP contribution is -2.37. The van der Waals surface area contributed by atoms with Crippen molar-refractivity contribution in [3.8, 4) is 0 Å². The Kier molecular flexibility index (Phi) is 4.74. The molecule has 5 heteroatoms. The largest absolute Gasteiger partial charge is 0.481 e. The second-order valence-electron chi connectivity index (χ2n) is 4.70. The zero-order valence-corrected chi connectivity index (χ0v) is 9.23. The van der Waals surface area contributed by atoms with Crippen LogP contribution >= 0.6 is 0 Å². The number of carboxylic acid groups (broad SMARTS) is 2. The van der Waals surface area contributed by atoms with E-state index >= 15 is 0 Å². The molecule has 0 saturated heterocycles. The normalized spacial score (nSPS) is 15.7. The Morgan fingerprint density at radius 1 is 1.20 bits per heavy atom. The third kappa shape index (κ3) is 4.29. The van der Waals surface area contributed by atoms with Gasteiger partial charge in [0.05, 0.1) is 12.3 Å². The summed E-state index contributed by atoms with van der Waals surface area (Å²) < 4.78 is 0. The number of hydrogen-bond acceptors (Lipinski definition) is 3. The third-order valence-corrected chi connectivity index (χ3v) is 2.51. The number of carboxylic acids is 2. The molecule has 1 unspecified atom stereocenters. The molecule has 0 radical (unpaired) electrons. The van der Waals surface area contributed by atoms with Gasteiger partial charge in [0.1, 0.15) is 0 Å². The summed E-state index contributed by atoms with van der Waals surface area (Å²) in [5.74, 6) is -3.95. The molecule has 0 aliphatic carbocycles. The highest BCUT2D eigenvalue weighted by Crippen LogP contribution is 2.33. The summed E-state index contributed by atoms with van der Waals surface area (Å²) in [6.07, 6.45) is -0.460. The molecule has 0 bridgehead atoms. The molecule has 0 heterocycles. The second kappa shape index (κ2) is 5.11. The highest BCUT2D eigenvalue weighted by molar-refractivity contribution is 5.78. The van der Waals surface area contributed by atoms with Crippen LogP contribution in [-0.4, -0.2) is 33.9 Å². The van der Waals surface area contributed by atoms with Crippen LogP contribution in [0.1, 0.15) is 27.2 Å². The molecule has 3 N–H and O–H groups in total. The molecule has 15 heavy (non-hydrogen) atoms. The lowest BCUT2D eigenvalue weighted by molar-refractivity contribution is -0.153. The minimum atomic E-state index is -1.17. The van der Waals surface area contributed by atoms with Gasteiger partial charge in [0.25, 0.3) is 0 Å². The number of hydrogen-bond donors (Lipinski definition) is 3. The van der Waals surface area contributed by atoms with Crippen molar-refractivity contribution in [1.82, 2.24) is 0 Å². The van der Waals surface area contributed by atoms with Crippen molar-refractivity contribution >= 4 is 11.9 Å². The van der Waals surface area contributed by atoms with Gasteiger partial charge in [-0.15, -0.1) is 0 Å². The molecule has 0 aromatic rings. The lowest BCUT2D eigenvalue weighted by atomic mass is 9.72. The Bertz CT molecular complexity index is 241. The summed E-state index contributed by atoms with van der Waals surface area (Å²) in [6.45, 7) is 5.02. The first kappa shape index (κ1) is 13.9. The Morgan fingerprint density at radius 2 is 1.67 bits per heavy atom. The molecule has 0 spiro atoms. The number of aliphatic hydroxyl groups excluding tert-OH is 1. The van der Waals surface area contributed by atoms with Gasteiger partial charge in [-0.2, -0.15) is 0 Å². The van der Waals surface area contributed by atoms with E-state index in [4.69, 9.17) is 15.3 Å². The molecule has 0 aromatic heterocycles. The molecule has 2 atom stereocenters. The Hall–Kier alpha value is -1.10. The fourth-order valence-electron chi connectivity index (χ4n) is 1.59. The maximum Gasteiger partial charge on any atom is 0.307 e. The molecule has 5 nitrogen and oxygen atoms in total. The molecular formula is C10H18O5. The first-order chi connectivity index (χ1) is 6.70. The van der Waals surface area contributed by atoms with Crippen LogP contribution in [0, 0.1) is 17.3 Å². The monoisotopic (exact) mass is 218 g/mol. The van der Waals surface area contributed by atoms with Crippen LogP contribution in [0.15, 0.2) is 0 Å². The van der Waals surface area contributed by atoms with Gasteiger partial charge >= 0.3 is 11.9 Å². The van der Waals surface area contributed by atoms with Gasteiger partial charge in [0.15, 0.2) is 0 Å². The summed E-state index contributed by atoms with van der Waals surface area (Å²) in [5, 5.41) is 26.6. The summed E-state index contributed by atoms with van der Waals surface area (Å²) in [5.41, 5.74) is -0.437. The number of rotatable bonds is 5. The van der Waals surface area contributed by atoms with Crippen molar-refractivity contribution in [1.29, 1.82) is 0 Å². The van der Waals surface area contributed by atoms with Crippen LogP contribution in [0.3, 0.4) is 0 Å². The first-order valence-electron chi connectivity index (χ1n) is 4.75. The Morgan fingerprint density at radius 3 is 1.87 bits per heavy atom. The van der Waals surface area contributed by atoms with Gasteiger partial charge in [0, 0.05) is 12.5 Å². The topological polar surface area (TPSA) is 94.8 Å². The van der Waals surface area contributed by atoms with Crippen LogP contribution in [-0.2, 0) is 9.59 Å². The van der Waals surface area contributed by atoms with Gasteiger partial charge in [-0.05, 0) is 5.41 Å². The number of aliphatic hydroxyl groups is 1. The van der Waals surface area contributed by atoms with Crippen LogP contribution in [0.5, 0.6) is 0 Å². The van der Waals surface area contributed by atoms with Gasteiger partial charge in [0.2, 0.25) is 0 Å². The van der Waals surface area contributed by atoms with E-state index in [1.54, 1.807) is 20.8 Å². The van der Waals surface area contributed by atoms with E-state index in [2.05, 4.69) is 0 Å². The Balaban J connectivity index is 4.87. The molecule has 0 rings (SSSR count). The first-order valence-corrected chi connectivity index (χ1v) is 4.75. The fourth-order valence-corrected chi connectivity index (χ4v) is 1.59. The van der Waals surface area contributed by atoms with E-state index in [-0.39, 0.29) is 6.61 Å². The van der Waals surface area contributed by atoms with Crippen LogP contribution < -0.4 is 0 Å². The zero-order valence-electron chi connectivity index (χ0n) is 9.23. The summed E-state index contributed by atoms with van der Waals surface area (Å²) >= 11 is 0. The second-order valence-corrected chi connectivity index (χ2v) is 4.70. The van der Waals surface area contributed by atoms with Crippen molar-refractivity contribution < 1.29 is 24.9 Å². The molecule has 88 valence electrons. The van der Waals surface area contributed by atoms with E-state index in [0.29, 0.717) is 0 Å².